The fourth-order valence-electron chi connectivity index (χ4n) is 3.75. The van der Waals surface area contributed by atoms with Gasteiger partial charge in [-0.25, -0.2) is 0 Å². The number of carbonyl (C=O) groups excluding carboxylic acids is 2. The zero-order valence-corrected chi connectivity index (χ0v) is 11.7. The molecule has 0 aromatic carbocycles. The number of aryl methyl sites for hydroxylation is 1. The molecule has 0 unspecified atom stereocenters. The number of methoxy groups -OCH3 is 1. The van der Waals surface area contributed by atoms with Crippen molar-refractivity contribution in [3.63, 3.8) is 0 Å². The van der Waals surface area contributed by atoms with Crippen molar-refractivity contribution in [1.29, 1.82) is 0 Å². The lowest BCUT2D eigenvalue weighted by molar-refractivity contribution is -0.148. The van der Waals surface area contributed by atoms with E-state index in [2.05, 4.69) is 5.32 Å². The van der Waals surface area contributed by atoms with E-state index in [1.54, 1.807) is 19.1 Å². The van der Waals surface area contributed by atoms with E-state index in [1.807, 2.05) is 0 Å². The molecule has 3 rings (SSSR count). The molecule has 1 N–H and O–H groups in total. The van der Waals surface area contributed by atoms with Crippen molar-refractivity contribution in [2.75, 3.05) is 7.11 Å². The molecule has 0 aliphatic heterocycles. The van der Waals surface area contributed by atoms with Crippen LogP contribution in [0.15, 0.2) is 16.5 Å². The first kappa shape index (κ1) is 13.2. The highest BCUT2D eigenvalue weighted by atomic mass is 16.5. The zero-order chi connectivity index (χ0) is 14.3. The van der Waals surface area contributed by atoms with E-state index in [0.29, 0.717) is 23.4 Å². The largest absolute Gasteiger partial charge is 0.469 e. The minimum absolute atomic E-state index is 0.126. The fourth-order valence-corrected chi connectivity index (χ4v) is 3.75. The van der Waals surface area contributed by atoms with Gasteiger partial charge < -0.3 is 14.5 Å². The zero-order valence-electron chi connectivity index (χ0n) is 11.7. The number of carbonyl (C=O) groups is 2. The van der Waals surface area contributed by atoms with E-state index in [-0.39, 0.29) is 23.8 Å². The van der Waals surface area contributed by atoms with Gasteiger partial charge in [0.25, 0.3) is 5.91 Å². The molecular weight excluding hydrogens is 258 g/mol. The maximum atomic E-state index is 12.2. The second-order valence-corrected chi connectivity index (χ2v) is 5.79. The van der Waals surface area contributed by atoms with Gasteiger partial charge in [0.05, 0.1) is 13.0 Å². The Hall–Kier alpha value is -1.78. The third-order valence-corrected chi connectivity index (χ3v) is 4.65. The number of amides is 1. The Morgan fingerprint density at radius 2 is 2.05 bits per heavy atom. The van der Waals surface area contributed by atoms with Gasteiger partial charge in [-0.2, -0.15) is 0 Å². The average Bonchev–Trinajstić information content (AvgIpc) is 3.13. The molecule has 1 amide bonds. The molecule has 20 heavy (non-hydrogen) atoms. The molecule has 2 bridgehead atoms. The van der Waals surface area contributed by atoms with Crippen molar-refractivity contribution in [3.8, 4) is 0 Å². The van der Waals surface area contributed by atoms with Crippen molar-refractivity contribution in [2.24, 2.45) is 17.8 Å². The summed E-state index contributed by atoms with van der Waals surface area (Å²) < 4.78 is 10.2. The Morgan fingerprint density at radius 1 is 1.30 bits per heavy atom. The number of hydrogen-bond acceptors (Lipinski definition) is 4. The Labute approximate surface area is 117 Å². The quantitative estimate of drug-likeness (QED) is 0.857. The van der Waals surface area contributed by atoms with Crippen LogP contribution in [0, 0.1) is 24.7 Å². The molecule has 108 valence electrons. The number of esters is 1. The summed E-state index contributed by atoms with van der Waals surface area (Å²) in [4.78, 5) is 24.1. The van der Waals surface area contributed by atoms with Gasteiger partial charge in [0, 0.05) is 6.04 Å². The molecule has 0 saturated heterocycles. The normalized spacial score (nSPS) is 31.3. The number of furan rings is 1. The van der Waals surface area contributed by atoms with E-state index >= 15 is 0 Å². The third-order valence-electron chi connectivity index (χ3n) is 4.65. The molecule has 0 radical (unpaired) electrons. The van der Waals surface area contributed by atoms with Gasteiger partial charge >= 0.3 is 5.97 Å². The first-order valence-electron chi connectivity index (χ1n) is 7.05. The lowest BCUT2D eigenvalue weighted by atomic mass is 9.84. The van der Waals surface area contributed by atoms with E-state index in [0.717, 1.165) is 19.3 Å². The SMILES string of the molecule is COC(=O)[C@H]1[C@H]2CC[C@@H](C2)[C@H]1NC(=O)c1ccc(C)o1. The second-order valence-electron chi connectivity index (χ2n) is 5.79. The molecule has 5 nitrogen and oxygen atoms in total. The summed E-state index contributed by atoms with van der Waals surface area (Å²) in [5.74, 6) is 1.06. The number of rotatable bonds is 3. The average molecular weight is 277 g/mol. The number of hydrogen-bond donors (Lipinski definition) is 1. The van der Waals surface area contributed by atoms with Crippen LogP contribution in [-0.2, 0) is 9.53 Å². The molecule has 4 atom stereocenters. The highest BCUT2D eigenvalue weighted by Gasteiger charge is 2.52. The molecule has 1 heterocycles. The van der Waals surface area contributed by atoms with E-state index in [1.165, 1.54) is 7.11 Å². The van der Waals surface area contributed by atoms with Crippen molar-refractivity contribution in [2.45, 2.75) is 32.2 Å². The van der Waals surface area contributed by atoms with Crippen molar-refractivity contribution >= 4 is 11.9 Å². The molecule has 1 aromatic rings. The summed E-state index contributed by atoms with van der Waals surface area (Å²) in [6.45, 7) is 1.80. The van der Waals surface area contributed by atoms with E-state index < -0.39 is 0 Å². The molecule has 1 aromatic heterocycles. The topological polar surface area (TPSA) is 68.5 Å². The Kier molecular flexibility index (Phi) is 3.28. The third kappa shape index (κ3) is 2.11. The van der Waals surface area contributed by atoms with Crippen LogP contribution in [0.5, 0.6) is 0 Å². The van der Waals surface area contributed by atoms with Crippen molar-refractivity contribution in [1.82, 2.24) is 5.32 Å². The highest BCUT2D eigenvalue weighted by molar-refractivity contribution is 5.92. The molecule has 2 saturated carbocycles. The molecule has 2 aliphatic carbocycles. The fraction of sp³-hybridized carbons (Fsp3) is 0.600. The van der Waals surface area contributed by atoms with Crippen LogP contribution < -0.4 is 5.32 Å². The van der Waals surface area contributed by atoms with Gasteiger partial charge in [-0.1, -0.05) is 0 Å². The summed E-state index contributed by atoms with van der Waals surface area (Å²) in [6, 6.07) is 3.29. The molecule has 2 fully saturated rings. The lowest BCUT2D eigenvalue weighted by Gasteiger charge is -2.29. The monoisotopic (exact) mass is 277 g/mol. The minimum atomic E-state index is -0.246. The van der Waals surface area contributed by atoms with E-state index in [4.69, 9.17) is 9.15 Å². The maximum absolute atomic E-state index is 12.2. The first-order valence-corrected chi connectivity index (χ1v) is 7.05. The number of ether oxygens (including phenoxy) is 1. The number of nitrogens with one attached hydrogen (secondary N) is 1. The van der Waals surface area contributed by atoms with Gasteiger partial charge in [-0.05, 0) is 50.2 Å². The molecule has 2 aliphatic rings. The van der Waals surface area contributed by atoms with Crippen LogP contribution in [0.25, 0.3) is 0 Å². The van der Waals surface area contributed by atoms with Crippen LogP contribution in [0.2, 0.25) is 0 Å². The maximum Gasteiger partial charge on any atom is 0.311 e. The lowest BCUT2D eigenvalue weighted by Crippen LogP contribution is -2.47. The summed E-state index contributed by atoms with van der Waals surface area (Å²) in [7, 11) is 1.41. The summed E-state index contributed by atoms with van der Waals surface area (Å²) >= 11 is 0. The van der Waals surface area contributed by atoms with Crippen LogP contribution >= 0.6 is 0 Å². The Morgan fingerprint density at radius 3 is 2.70 bits per heavy atom. The van der Waals surface area contributed by atoms with Gasteiger partial charge in [0.15, 0.2) is 5.76 Å². The number of fused-ring (bicyclic) bond motifs is 2. The summed E-state index contributed by atoms with van der Waals surface area (Å²) in [5.41, 5.74) is 0. The van der Waals surface area contributed by atoms with Crippen molar-refractivity contribution < 1.29 is 18.7 Å². The molecule has 0 spiro atoms. The van der Waals surface area contributed by atoms with E-state index in [9.17, 15) is 9.59 Å². The Balaban J connectivity index is 1.75. The predicted octanol–water partition coefficient (Wildman–Crippen LogP) is 1.91. The summed E-state index contributed by atoms with van der Waals surface area (Å²) in [6.07, 6.45) is 3.12. The smallest absolute Gasteiger partial charge is 0.311 e. The molecular formula is C15H19NO4. The minimum Gasteiger partial charge on any atom is -0.469 e. The Bertz CT molecular complexity index is 536. The van der Waals surface area contributed by atoms with Gasteiger partial charge in [-0.15, -0.1) is 0 Å². The van der Waals surface area contributed by atoms with Gasteiger partial charge in [0.1, 0.15) is 5.76 Å². The standard InChI is InChI=1S/C15H19NO4/c1-8-3-6-11(20-8)14(17)16-13-10-5-4-9(7-10)12(13)15(18)19-2/h3,6,9-10,12-13H,4-5,7H2,1-2H3,(H,16,17)/t9-,10-,12-,13+/m0/s1. The van der Waals surface area contributed by atoms with Gasteiger partial charge in [0.2, 0.25) is 0 Å². The first-order chi connectivity index (χ1) is 9.60. The summed E-state index contributed by atoms with van der Waals surface area (Å²) in [5, 5.41) is 2.97. The van der Waals surface area contributed by atoms with Crippen LogP contribution in [0.3, 0.4) is 0 Å². The van der Waals surface area contributed by atoms with Crippen LogP contribution in [-0.4, -0.2) is 25.0 Å². The predicted molar refractivity (Wildman–Crippen MR) is 71.0 cm³/mol. The van der Waals surface area contributed by atoms with Crippen LogP contribution in [0.4, 0.5) is 0 Å². The second kappa shape index (κ2) is 4.96. The molecule has 5 heteroatoms. The highest BCUT2D eigenvalue weighted by Crippen LogP contribution is 2.49. The van der Waals surface area contributed by atoms with Crippen LogP contribution in [0.1, 0.15) is 35.6 Å². The van der Waals surface area contributed by atoms with Gasteiger partial charge in [-0.3, -0.25) is 9.59 Å². The van der Waals surface area contributed by atoms with Crippen molar-refractivity contribution in [3.05, 3.63) is 23.7 Å².